The lowest BCUT2D eigenvalue weighted by atomic mass is 10.0. The van der Waals surface area contributed by atoms with E-state index in [0.717, 1.165) is 6.42 Å². The van der Waals surface area contributed by atoms with Crippen molar-refractivity contribution in [3.63, 3.8) is 0 Å². The van der Waals surface area contributed by atoms with Crippen molar-refractivity contribution in [2.24, 2.45) is 11.7 Å². The van der Waals surface area contributed by atoms with Gasteiger partial charge in [-0.05, 0) is 19.3 Å². The molecule has 4 N–H and O–H groups in total. The standard InChI is InChI=1S/C10H22N2O/c1-5-6-9(7(2)3)12-10(13)8(4)11/h5,7-10,12-13H,1,6,11H2,2-4H3/t8?,9-,10?/m1/s1. The molecule has 0 aromatic heterocycles. The Hall–Kier alpha value is -0.380. The normalized spacial score (nSPS) is 18.3. The Kier molecular flexibility index (Phi) is 5.95. The maximum absolute atomic E-state index is 9.50. The first-order valence-corrected chi connectivity index (χ1v) is 4.79. The Morgan fingerprint density at radius 1 is 1.46 bits per heavy atom. The molecule has 2 unspecified atom stereocenters. The minimum atomic E-state index is -0.632. The van der Waals surface area contributed by atoms with Gasteiger partial charge in [-0.15, -0.1) is 6.58 Å². The molecule has 0 saturated carbocycles. The summed E-state index contributed by atoms with van der Waals surface area (Å²) in [5, 5.41) is 12.6. The molecule has 0 fully saturated rings. The maximum Gasteiger partial charge on any atom is 0.120 e. The Bertz CT molecular complexity index is 146. The monoisotopic (exact) mass is 186 g/mol. The first-order valence-electron chi connectivity index (χ1n) is 4.79. The van der Waals surface area contributed by atoms with E-state index in [4.69, 9.17) is 5.73 Å². The number of hydrogen-bond donors (Lipinski definition) is 3. The van der Waals surface area contributed by atoms with Gasteiger partial charge in [-0.3, -0.25) is 5.32 Å². The van der Waals surface area contributed by atoms with Crippen molar-refractivity contribution < 1.29 is 5.11 Å². The molecule has 0 amide bonds. The summed E-state index contributed by atoms with van der Waals surface area (Å²) in [6.45, 7) is 9.68. The van der Waals surface area contributed by atoms with E-state index in [-0.39, 0.29) is 12.1 Å². The summed E-state index contributed by atoms with van der Waals surface area (Å²) in [7, 11) is 0. The van der Waals surface area contributed by atoms with Crippen molar-refractivity contribution in [3.05, 3.63) is 12.7 Å². The zero-order chi connectivity index (χ0) is 10.4. The highest BCUT2D eigenvalue weighted by Gasteiger charge is 2.17. The molecule has 0 bridgehead atoms. The second kappa shape index (κ2) is 6.13. The summed E-state index contributed by atoms with van der Waals surface area (Å²) in [4.78, 5) is 0. The van der Waals surface area contributed by atoms with Crippen LogP contribution in [0.3, 0.4) is 0 Å². The van der Waals surface area contributed by atoms with Gasteiger partial charge in [0.25, 0.3) is 0 Å². The fourth-order valence-electron chi connectivity index (χ4n) is 1.08. The van der Waals surface area contributed by atoms with Crippen molar-refractivity contribution in [1.29, 1.82) is 0 Å². The molecule has 0 aliphatic heterocycles. The Morgan fingerprint density at radius 3 is 2.31 bits per heavy atom. The van der Waals surface area contributed by atoms with Gasteiger partial charge in [-0.1, -0.05) is 19.9 Å². The van der Waals surface area contributed by atoms with E-state index >= 15 is 0 Å². The molecule has 0 heterocycles. The highest BCUT2D eigenvalue weighted by molar-refractivity contribution is 4.82. The van der Waals surface area contributed by atoms with E-state index in [1.54, 1.807) is 6.92 Å². The summed E-state index contributed by atoms with van der Waals surface area (Å²) in [5.74, 6) is 0.464. The van der Waals surface area contributed by atoms with Gasteiger partial charge < -0.3 is 10.8 Å². The fraction of sp³-hybridized carbons (Fsp3) is 0.800. The molecule has 3 heteroatoms. The van der Waals surface area contributed by atoms with Gasteiger partial charge in [-0.2, -0.15) is 0 Å². The number of hydrogen-bond acceptors (Lipinski definition) is 3. The number of nitrogens with one attached hydrogen (secondary N) is 1. The molecule has 13 heavy (non-hydrogen) atoms. The average molecular weight is 186 g/mol. The van der Waals surface area contributed by atoms with Crippen molar-refractivity contribution in [3.8, 4) is 0 Å². The van der Waals surface area contributed by atoms with E-state index in [2.05, 4.69) is 25.7 Å². The van der Waals surface area contributed by atoms with Gasteiger partial charge in [0.1, 0.15) is 6.23 Å². The molecule has 0 aromatic carbocycles. The van der Waals surface area contributed by atoms with Crippen LogP contribution >= 0.6 is 0 Å². The summed E-state index contributed by atoms with van der Waals surface area (Å²) in [5.41, 5.74) is 5.54. The molecule has 0 aliphatic rings. The van der Waals surface area contributed by atoms with Crippen LogP contribution in [0.4, 0.5) is 0 Å². The van der Waals surface area contributed by atoms with E-state index in [0.29, 0.717) is 5.92 Å². The van der Waals surface area contributed by atoms with Gasteiger partial charge in [0, 0.05) is 12.1 Å². The first kappa shape index (κ1) is 12.6. The second-order valence-corrected chi connectivity index (χ2v) is 3.85. The molecule has 0 aromatic rings. The van der Waals surface area contributed by atoms with Crippen LogP contribution in [0, 0.1) is 5.92 Å². The van der Waals surface area contributed by atoms with Crippen molar-refractivity contribution in [2.45, 2.75) is 45.5 Å². The third kappa shape index (κ3) is 5.03. The SMILES string of the molecule is C=CC[C@@H](NC(O)C(C)N)C(C)C. The molecule has 78 valence electrons. The van der Waals surface area contributed by atoms with Crippen LogP contribution in [0.25, 0.3) is 0 Å². The Balaban J connectivity index is 4.01. The predicted molar refractivity (Wildman–Crippen MR) is 56.2 cm³/mol. The second-order valence-electron chi connectivity index (χ2n) is 3.85. The molecule has 0 aliphatic carbocycles. The molecule has 3 nitrogen and oxygen atoms in total. The van der Waals surface area contributed by atoms with Crippen LogP contribution in [-0.2, 0) is 0 Å². The molecule has 3 atom stereocenters. The summed E-state index contributed by atoms with van der Waals surface area (Å²) in [6, 6.07) is 0.00423. The van der Waals surface area contributed by atoms with Gasteiger partial charge in [0.15, 0.2) is 0 Å². The van der Waals surface area contributed by atoms with Gasteiger partial charge in [-0.25, -0.2) is 0 Å². The van der Waals surface area contributed by atoms with Crippen molar-refractivity contribution in [1.82, 2.24) is 5.32 Å². The lowest BCUT2D eigenvalue weighted by Crippen LogP contribution is -2.49. The zero-order valence-corrected chi connectivity index (χ0v) is 8.83. The van der Waals surface area contributed by atoms with Gasteiger partial charge in [0.05, 0.1) is 0 Å². The van der Waals surface area contributed by atoms with Crippen LogP contribution in [0.1, 0.15) is 27.2 Å². The first-order chi connectivity index (χ1) is 5.99. The molecular formula is C10H22N2O. The topological polar surface area (TPSA) is 58.3 Å². The molecule has 0 radical (unpaired) electrons. The third-order valence-corrected chi connectivity index (χ3v) is 2.11. The zero-order valence-electron chi connectivity index (χ0n) is 8.83. The highest BCUT2D eigenvalue weighted by atomic mass is 16.3. The smallest absolute Gasteiger partial charge is 0.120 e. The summed E-state index contributed by atoms with van der Waals surface area (Å²) >= 11 is 0. The minimum Gasteiger partial charge on any atom is -0.377 e. The molecule has 0 rings (SSSR count). The number of aliphatic hydroxyl groups is 1. The average Bonchev–Trinajstić information content (AvgIpc) is 2.03. The van der Waals surface area contributed by atoms with Crippen molar-refractivity contribution >= 4 is 0 Å². The van der Waals surface area contributed by atoms with E-state index in [9.17, 15) is 5.11 Å². The van der Waals surface area contributed by atoms with Gasteiger partial charge >= 0.3 is 0 Å². The lowest BCUT2D eigenvalue weighted by Gasteiger charge is -2.26. The predicted octanol–water partition coefficient (Wildman–Crippen LogP) is 0.842. The van der Waals surface area contributed by atoms with Crippen molar-refractivity contribution in [2.75, 3.05) is 0 Å². The van der Waals surface area contributed by atoms with E-state index in [1.165, 1.54) is 0 Å². The van der Waals surface area contributed by atoms with Gasteiger partial charge in [0.2, 0.25) is 0 Å². The lowest BCUT2D eigenvalue weighted by molar-refractivity contribution is 0.0926. The number of aliphatic hydroxyl groups excluding tert-OH is 1. The maximum atomic E-state index is 9.50. The molecule has 0 spiro atoms. The number of rotatable bonds is 6. The largest absolute Gasteiger partial charge is 0.377 e. The Morgan fingerprint density at radius 2 is 2.00 bits per heavy atom. The van der Waals surface area contributed by atoms with E-state index in [1.807, 2.05) is 6.08 Å². The summed E-state index contributed by atoms with van der Waals surface area (Å²) in [6.07, 6.45) is 2.07. The molecular weight excluding hydrogens is 164 g/mol. The summed E-state index contributed by atoms with van der Waals surface area (Å²) < 4.78 is 0. The third-order valence-electron chi connectivity index (χ3n) is 2.11. The van der Waals surface area contributed by atoms with Crippen LogP contribution in [-0.4, -0.2) is 23.4 Å². The van der Waals surface area contributed by atoms with Crippen LogP contribution in [0.2, 0.25) is 0 Å². The van der Waals surface area contributed by atoms with E-state index < -0.39 is 6.23 Å². The number of nitrogens with two attached hydrogens (primary N) is 1. The Labute approximate surface area is 81.0 Å². The highest BCUT2D eigenvalue weighted by Crippen LogP contribution is 2.07. The minimum absolute atomic E-state index is 0.244. The fourth-order valence-corrected chi connectivity index (χ4v) is 1.08. The quantitative estimate of drug-likeness (QED) is 0.425. The van der Waals surface area contributed by atoms with Crippen LogP contribution < -0.4 is 11.1 Å². The molecule has 0 saturated heterocycles. The van der Waals surface area contributed by atoms with Crippen LogP contribution in [0.15, 0.2) is 12.7 Å². The van der Waals surface area contributed by atoms with Crippen LogP contribution in [0.5, 0.6) is 0 Å².